The predicted molar refractivity (Wildman–Crippen MR) is 104 cm³/mol. The number of nitrogens with one attached hydrogen (secondary N) is 1. The molecule has 0 aliphatic carbocycles. The van der Waals surface area contributed by atoms with Gasteiger partial charge in [0, 0.05) is 24.0 Å². The Morgan fingerprint density at radius 2 is 2.00 bits per heavy atom. The van der Waals surface area contributed by atoms with Gasteiger partial charge in [0.05, 0.1) is 10.6 Å². The van der Waals surface area contributed by atoms with Crippen molar-refractivity contribution in [2.45, 2.75) is 30.2 Å². The third-order valence-corrected chi connectivity index (χ3v) is 6.62. The smallest absolute Gasteiger partial charge is 0.240 e. The second-order valence-corrected chi connectivity index (χ2v) is 8.95. The normalized spacial score (nSPS) is 17.9. The number of aromatic nitrogens is 1. The summed E-state index contributed by atoms with van der Waals surface area (Å²) in [6.07, 6.45) is 2.21. The van der Waals surface area contributed by atoms with Crippen molar-refractivity contribution in [3.8, 4) is 0 Å². The lowest BCUT2D eigenvalue weighted by molar-refractivity contribution is 0.326. The van der Waals surface area contributed by atoms with E-state index >= 15 is 0 Å². The molecule has 1 aliphatic rings. The fourth-order valence-electron chi connectivity index (χ4n) is 3.67. The van der Waals surface area contributed by atoms with Crippen LogP contribution in [0, 0.1) is 11.6 Å². The van der Waals surface area contributed by atoms with Gasteiger partial charge in [0.2, 0.25) is 10.0 Å². The van der Waals surface area contributed by atoms with Crippen LogP contribution in [0.1, 0.15) is 18.5 Å². The maximum Gasteiger partial charge on any atom is 0.240 e. The molecule has 0 spiro atoms. The Hall–Kier alpha value is -2.36. The summed E-state index contributed by atoms with van der Waals surface area (Å²) in [5.74, 6) is -0.937. The topological polar surface area (TPSA) is 75.4 Å². The highest BCUT2D eigenvalue weighted by atomic mass is 32.2. The first kappa shape index (κ1) is 19.9. The average molecular weight is 421 g/mol. The lowest BCUT2D eigenvalue weighted by Gasteiger charge is -2.16. The van der Waals surface area contributed by atoms with Crippen molar-refractivity contribution in [2.75, 3.05) is 19.6 Å². The molecule has 6 nitrogen and oxygen atoms in total. The number of likely N-dealkylation sites (tertiary alicyclic amines) is 1. The Morgan fingerprint density at radius 3 is 2.83 bits per heavy atom. The van der Waals surface area contributed by atoms with E-state index in [1.165, 1.54) is 30.3 Å². The van der Waals surface area contributed by atoms with Gasteiger partial charge in [0.25, 0.3) is 0 Å². The van der Waals surface area contributed by atoms with E-state index in [9.17, 15) is 17.2 Å². The van der Waals surface area contributed by atoms with E-state index in [2.05, 4.69) is 14.8 Å². The molecule has 0 bridgehead atoms. The Labute approximate surface area is 167 Å². The summed E-state index contributed by atoms with van der Waals surface area (Å²) in [7, 11) is -3.74. The monoisotopic (exact) mass is 421 g/mol. The Balaban J connectivity index is 1.29. The standard InChI is InChI=1S/C20H21F2N3O3S/c21-14-3-1-4-17(11-14)29(26,27)24-16-8-10-25(13-16)9-2-5-19-18-7-6-15(22)12-20(18)28-23-19/h1,3-4,6-7,11-12,16,24H,2,5,8-10,13H2. The van der Waals surface area contributed by atoms with Crippen LogP contribution in [0.3, 0.4) is 0 Å². The molecule has 1 aromatic heterocycles. The molecule has 4 rings (SSSR count). The third kappa shape index (κ3) is 4.63. The first-order valence-electron chi connectivity index (χ1n) is 9.45. The molecule has 29 heavy (non-hydrogen) atoms. The van der Waals surface area contributed by atoms with Gasteiger partial charge in [0.1, 0.15) is 11.6 Å². The first-order valence-corrected chi connectivity index (χ1v) is 10.9. The van der Waals surface area contributed by atoms with Gasteiger partial charge in [-0.1, -0.05) is 11.2 Å². The Bertz CT molecular complexity index is 1120. The lowest BCUT2D eigenvalue weighted by atomic mass is 10.1. The zero-order valence-corrected chi connectivity index (χ0v) is 16.5. The molecule has 1 atom stereocenters. The fourth-order valence-corrected chi connectivity index (χ4v) is 4.96. The van der Waals surface area contributed by atoms with E-state index in [0.29, 0.717) is 25.0 Å². The molecule has 1 fully saturated rings. The van der Waals surface area contributed by atoms with Gasteiger partial charge >= 0.3 is 0 Å². The van der Waals surface area contributed by atoms with Crippen molar-refractivity contribution >= 4 is 21.0 Å². The number of hydrogen-bond donors (Lipinski definition) is 1. The van der Waals surface area contributed by atoms with Crippen LogP contribution >= 0.6 is 0 Å². The SMILES string of the molecule is O=S(=O)(NC1CCN(CCCc2noc3cc(F)ccc23)C1)c1cccc(F)c1. The molecule has 9 heteroatoms. The summed E-state index contributed by atoms with van der Waals surface area (Å²) >= 11 is 0. The molecule has 1 N–H and O–H groups in total. The number of nitrogens with zero attached hydrogens (tertiary/aromatic N) is 2. The summed E-state index contributed by atoms with van der Waals surface area (Å²) in [4.78, 5) is 2.12. The molecule has 1 unspecified atom stereocenters. The summed E-state index contributed by atoms with van der Waals surface area (Å²) < 4.78 is 59.2. The molecule has 0 amide bonds. The van der Waals surface area contributed by atoms with Crippen molar-refractivity contribution in [1.82, 2.24) is 14.8 Å². The van der Waals surface area contributed by atoms with E-state index in [4.69, 9.17) is 4.52 Å². The zero-order chi connectivity index (χ0) is 20.4. The minimum atomic E-state index is -3.74. The number of rotatable bonds is 7. The molecule has 3 aromatic rings. The summed E-state index contributed by atoms with van der Waals surface area (Å²) in [5.41, 5.74) is 1.23. The van der Waals surface area contributed by atoms with Crippen molar-refractivity contribution in [1.29, 1.82) is 0 Å². The van der Waals surface area contributed by atoms with Crippen molar-refractivity contribution in [3.05, 3.63) is 59.8 Å². The van der Waals surface area contributed by atoms with Crippen LogP contribution < -0.4 is 4.72 Å². The molecule has 1 aliphatic heterocycles. The molecule has 0 radical (unpaired) electrons. The van der Waals surface area contributed by atoms with Gasteiger partial charge in [-0.25, -0.2) is 21.9 Å². The van der Waals surface area contributed by atoms with Crippen LogP contribution in [0.25, 0.3) is 11.0 Å². The number of hydrogen-bond acceptors (Lipinski definition) is 5. The minimum absolute atomic E-state index is 0.0645. The molecule has 2 aromatic carbocycles. The average Bonchev–Trinajstić information content (AvgIpc) is 3.28. The van der Waals surface area contributed by atoms with Gasteiger partial charge < -0.3 is 9.42 Å². The van der Waals surface area contributed by atoms with Crippen LogP contribution in [0.15, 0.2) is 51.9 Å². The van der Waals surface area contributed by atoms with Gasteiger partial charge in [-0.05, 0) is 62.7 Å². The minimum Gasteiger partial charge on any atom is -0.356 e. The highest BCUT2D eigenvalue weighted by Gasteiger charge is 2.27. The largest absolute Gasteiger partial charge is 0.356 e. The second kappa shape index (κ2) is 8.17. The number of halogens is 2. The Morgan fingerprint density at radius 1 is 1.17 bits per heavy atom. The summed E-state index contributed by atoms with van der Waals surface area (Å²) in [6, 6.07) is 9.16. The third-order valence-electron chi connectivity index (χ3n) is 5.10. The van der Waals surface area contributed by atoms with Crippen molar-refractivity contribution < 1.29 is 21.7 Å². The van der Waals surface area contributed by atoms with Crippen LogP contribution in [-0.4, -0.2) is 44.2 Å². The fraction of sp³-hybridized carbons (Fsp3) is 0.350. The molecule has 0 saturated carbocycles. The van der Waals surface area contributed by atoms with Gasteiger partial charge in [-0.2, -0.15) is 0 Å². The van der Waals surface area contributed by atoms with Crippen molar-refractivity contribution in [3.63, 3.8) is 0 Å². The maximum absolute atomic E-state index is 13.3. The molecule has 1 saturated heterocycles. The second-order valence-electron chi connectivity index (χ2n) is 7.24. The lowest BCUT2D eigenvalue weighted by Crippen LogP contribution is -2.37. The predicted octanol–water partition coefficient (Wildman–Crippen LogP) is 3.09. The highest BCUT2D eigenvalue weighted by Crippen LogP contribution is 2.21. The molecule has 154 valence electrons. The van der Waals surface area contributed by atoms with Crippen LogP contribution in [0.2, 0.25) is 0 Å². The van der Waals surface area contributed by atoms with E-state index < -0.39 is 15.8 Å². The number of sulfonamides is 1. The van der Waals surface area contributed by atoms with Crippen LogP contribution in [0.4, 0.5) is 8.78 Å². The molecular formula is C20H21F2N3O3S. The van der Waals surface area contributed by atoms with Gasteiger partial charge in [0.15, 0.2) is 5.58 Å². The van der Waals surface area contributed by atoms with Crippen molar-refractivity contribution in [2.24, 2.45) is 0 Å². The molecule has 2 heterocycles. The van der Waals surface area contributed by atoms with Crippen LogP contribution in [0.5, 0.6) is 0 Å². The van der Waals surface area contributed by atoms with E-state index in [-0.39, 0.29) is 16.8 Å². The zero-order valence-electron chi connectivity index (χ0n) is 15.6. The van der Waals surface area contributed by atoms with Crippen LogP contribution in [-0.2, 0) is 16.4 Å². The molecular weight excluding hydrogens is 400 g/mol. The maximum atomic E-state index is 13.3. The first-order chi connectivity index (χ1) is 13.9. The van der Waals surface area contributed by atoms with Gasteiger partial charge in [-0.15, -0.1) is 0 Å². The highest BCUT2D eigenvalue weighted by molar-refractivity contribution is 7.89. The number of aryl methyl sites for hydroxylation is 1. The summed E-state index contributed by atoms with van der Waals surface area (Å²) in [6.45, 7) is 2.16. The summed E-state index contributed by atoms with van der Waals surface area (Å²) in [5, 5.41) is 4.84. The Kier molecular flexibility index (Phi) is 5.62. The number of benzene rings is 2. The quantitative estimate of drug-likeness (QED) is 0.635. The van der Waals surface area contributed by atoms with E-state index in [1.807, 2.05) is 0 Å². The van der Waals surface area contributed by atoms with Gasteiger partial charge in [-0.3, -0.25) is 0 Å². The van der Waals surface area contributed by atoms with E-state index in [0.717, 1.165) is 36.7 Å². The van der Waals surface area contributed by atoms with E-state index in [1.54, 1.807) is 6.07 Å². The number of fused-ring (bicyclic) bond motifs is 1.